The van der Waals surface area contributed by atoms with E-state index in [1.54, 1.807) is 27.8 Å². The average Bonchev–Trinajstić information content (AvgIpc) is 4.44. The van der Waals surface area contributed by atoms with Crippen LogP contribution in [0.2, 0.25) is 0 Å². The van der Waals surface area contributed by atoms with Crippen molar-refractivity contribution < 1.29 is 18.9 Å². The van der Waals surface area contributed by atoms with Crippen LogP contribution in [0, 0.1) is 0 Å². The normalized spacial score (nSPS) is 23.5. The molecular weight excluding hydrogens is 1100 g/mol. The zero-order valence-corrected chi connectivity index (χ0v) is 65.9. The molecule has 7 heterocycles. The second-order valence-electron chi connectivity index (χ2n) is 32.6. The van der Waals surface area contributed by atoms with Crippen molar-refractivity contribution in [1.29, 1.82) is 0 Å². The number of hydrogen-bond acceptors (Lipinski definition) is 0. The van der Waals surface area contributed by atoms with Crippen LogP contribution in [0.4, 0.5) is 0 Å². The summed E-state index contributed by atoms with van der Waals surface area (Å²) < 4.78 is 0. The molecule has 3 spiro atoms. The van der Waals surface area contributed by atoms with Crippen molar-refractivity contribution in [2.24, 2.45) is 0 Å². The van der Waals surface area contributed by atoms with Crippen LogP contribution in [0.15, 0.2) is 60.7 Å². The molecule has 12 rings (SSSR count). The van der Waals surface area contributed by atoms with E-state index in [-0.39, 0.29) is 18.9 Å². The summed E-state index contributed by atoms with van der Waals surface area (Å²) in [5, 5.41) is 10.7. The first-order valence-corrected chi connectivity index (χ1v) is 58.4. The topological polar surface area (TPSA) is 0 Å². The van der Waals surface area contributed by atoms with Crippen molar-refractivity contribution in [3.8, 4) is 0 Å². The quantitative estimate of drug-likeness (QED) is 0.0682. The van der Waals surface area contributed by atoms with E-state index in [0.717, 1.165) is 0 Å². The van der Waals surface area contributed by atoms with E-state index >= 15 is 0 Å². The van der Waals surface area contributed by atoms with Gasteiger partial charge in [0.1, 0.15) is 0 Å². The van der Waals surface area contributed by atoms with Gasteiger partial charge in [-0.05, 0) is 186 Å². The van der Waals surface area contributed by atoms with E-state index < -0.39 is 46.6 Å². The molecule has 83 heavy (non-hydrogen) atoms. The number of benzene rings is 5. The fourth-order valence-electron chi connectivity index (χ4n) is 19.5. The van der Waals surface area contributed by atoms with Gasteiger partial charge in [-0.15, -0.1) is 0 Å². The Hall–Kier alpha value is -1.78. The van der Waals surface area contributed by atoms with Gasteiger partial charge < -0.3 is 0 Å². The van der Waals surface area contributed by atoms with Crippen LogP contribution in [0.25, 0.3) is 0 Å². The van der Waals surface area contributed by atoms with Crippen LogP contribution in [0.1, 0.15) is 380 Å². The van der Waals surface area contributed by atoms with E-state index in [1.165, 1.54) is 0 Å². The van der Waals surface area contributed by atoms with E-state index in [2.05, 4.69) is 294 Å². The Morgan fingerprint density at radius 1 is 0.229 bits per heavy atom. The van der Waals surface area contributed by atoms with Crippen molar-refractivity contribution in [2.45, 2.75) is 296 Å². The SMILES string of the molecule is CC(C)c1cc(C(C)C)c([Si]2(c3c(C(C)C)cc(C(C)C)cc3C(C)C)[Si-]3[Si]45[Si]6(c7c(C(C)C)cc(C(C)C)cc7C(C)C)[Si](c7c(C(C)C)cc(C(C)C)cc7C(C)C)(c7c(C(C)C)cc(C(C)C)cc7C(C)C)[Si]24[Si]365)c(C(C)C)c1.[Li+]. The molecule has 7 saturated heterocycles. The van der Waals surface area contributed by atoms with Crippen LogP contribution in [-0.4, -0.2) is 46.6 Å². The van der Waals surface area contributed by atoms with Gasteiger partial charge in [-0.2, -0.15) is 12.3 Å². The summed E-state index contributed by atoms with van der Waals surface area (Å²) in [6.45, 7) is 76.2. The predicted octanol–water partition coefficient (Wildman–Crippen LogP) is 15.5. The van der Waals surface area contributed by atoms with Gasteiger partial charge in [0.05, 0.1) is 7.11 Å². The van der Waals surface area contributed by atoms with E-state index in [4.69, 9.17) is 0 Å². The van der Waals surface area contributed by atoms with Crippen molar-refractivity contribution in [3.05, 3.63) is 144 Å². The van der Waals surface area contributed by atoms with Crippen LogP contribution < -0.4 is 44.8 Å². The maximum Gasteiger partial charge on any atom is 1.00 e. The van der Waals surface area contributed by atoms with Crippen molar-refractivity contribution in [3.63, 3.8) is 0 Å². The van der Waals surface area contributed by atoms with Gasteiger partial charge in [0, 0.05) is 0 Å². The fraction of sp³-hybridized carbons (Fsp3) is 0.600. The Balaban J connectivity index is 0.00000828. The summed E-state index contributed by atoms with van der Waals surface area (Å²) in [7, 11) is -5.92. The van der Waals surface area contributed by atoms with Gasteiger partial charge in [-0.1, -0.05) is 300 Å². The summed E-state index contributed by atoms with van der Waals surface area (Å²) in [5.74, 6) is 7.32. The Morgan fingerprint density at radius 2 is 0.398 bits per heavy atom. The van der Waals surface area contributed by atoms with Crippen LogP contribution in [0.3, 0.4) is 0 Å². The van der Waals surface area contributed by atoms with E-state index in [9.17, 15) is 0 Å². The number of rotatable bonds is 20. The Morgan fingerprint density at radius 3 is 0.566 bits per heavy atom. The maximum absolute atomic E-state index is 2.93. The fourth-order valence-corrected chi connectivity index (χ4v) is 939. The molecule has 0 amide bonds. The summed E-state index contributed by atoms with van der Waals surface area (Å²) in [4.78, 5) is 0. The zero-order chi connectivity index (χ0) is 60.9. The van der Waals surface area contributed by atoms with Crippen LogP contribution >= 0.6 is 0 Å². The monoisotopic (exact) mass is 1220 g/mol. The zero-order valence-electron chi connectivity index (χ0n) is 58.9. The molecule has 444 valence electrons. The molecule has 7 aliphatic rings. The van der Waals surface area contributed by atoms with E-state index in [1.807, 2.05) is 55.6 Å². The molecule has 0 radical (unpaired) electrons. The molecule has 7 aliphatic heterocycles. The third kappa shape index (κ3) is 7.71. The second-order valence-corrected chi connectivity index (χ2v) is 131. The Labute approximate surface area is 527 Å². The van der Waals surface area contributed by atoms with E-state index in [0.29, 0.717) is 88.8 Å². The molecular formula is C75H115LiSi7. The van der Waals surface area contributed by atoms with Crippen LogP contribution in [0.5, 0.6) is 0 Å². The van der Waals surface area contributed by atoms with Gasteiger partial charge >= 0.3 is 18.9 Å². The third-order valence-electron chi connectivity index (χ3n) is 23.0. The molecule has 5 aromatic rings. The summed E-state index contributed by atoms with van der Waals surface area (Å²) in [6.07, 6.45) is -5.46. The Bertz CT molecular complexity index is 3070. The molecule has 7 fully saturated rings. The second kappa shape index (κ2) is 21.7. The van der Waals surface area contributed by atoms with Gasteiger partial charge in [-0.3, -0.25) is 7.35 Å². The van der Waals surface area contributed by atoms with Gasteiger partial charge in [-0.25, -0.2) is 0 Å². The minimum absolute atomic E-state index is 0. The van der Waals surface area contributed by atoms with Gasteiger partial charge in [0.2, 0.25) is 0 Å². The van der Waals surface area contributed by atoms with Crippen molar-refractivity contribution >= 4 is 72.6 Å². The Kier molecular flexibility index (Phi) is 17.2. The van der Waals surface area contributed by atoms with Gasteiger partial charge in [0.15, 0.2) is 0 Å². The van der Waals surface area contributed by atoms with Crippen LogP contribution in [-0.2, 0) is 0 Å². The molecule has 2 unspecified atom stereocenters. The molecule has 3 bridgehead atoms. The molecule has 0 aliphatic carbocycles. The largest absolute Gasteiger partial charge is 1.00 e. The predicted molar refractivity (Wildman–Crippen MR) is 382 cm³/mol. The van der Waals surface area contributed by atoms with Gasteiger partial charge in [0.25, 0.3) is 0 Å². The smallest absolute Gasteiger partial charge is 0.264 e. The first-order chi connectivity index (χ1) is 38.1. The molecule has 0 N–H and O–H groups in total. The molecule has 2 atom stereocenters. The summed E-state index contributed by atoms with van der Waals surface area (Å²) in [6, 6.07) is 29.1. The maximum atomic E-state index is 2.93. The molecule has 0 nitrogen and oxygen atoms in total. The summed E-state index contributed by atoms with van der Waals surface area (Å²) >= 11 is 0. The third-order valence-corrected chi connectivity index (χ3v) is 352. The minimum Gasteiger partial charge on any atom is -0.264 e. The molecule has 0 aromatic heterocycles. The van der Waals surface area contributed by atoms with Crippen molar-refractivity contribution in [1.82, 2.24) is 0 Å². The minimum atomic E-state index is -2.80. The average molecular weight is 1220 g/mol. The first kappa shape index (κ1) is 65.7. The molecule has 8 heteroatoms. The summed E-state index contributed by atoms with van der Waals surface area (Å²) in [5.41, 5.74) is 26.5. The molecule has 0 saturated carbocycles. The first-order valence-electron chi connectivity index (χ1n) is 33.9. The molecule has 5 aromatic carbocycles. The standard InChI is InChI=1S/C75H115Si7.Li/c1-41(2)56-31-61(46(11)12)71(62(32-56)47(13)14)77(72-63(48(15)16)33-57(42(3)4)34-64(72)49(17)18)76-80-79(75-69(54(27)28)39-60(45(9)10)40-70(75)55(29)30)78(82(77,80)81(76,79)80,73-65(50(19)20)35-58(43(5)6)36-66(73)51(21)22)74-67(52(23)24)37-59(44(7)8)38-68(74)53(25)26;/h31-55H,1-30H3;/q-1;+1. The van der Waals surface area contributed by atoms with Crippen molar-refractivity contribution in [2.75, 3.05) is 0 Å². The number of hydrogen-bond donors (Lipinski definition) is 0.